The van der Waals surface area contributed by atoms with Crippen molar-refractivity contribution in [2.75, 3.05) is 46.0 Å². The molecular weight excluding hydrogens is 484 g/mol. The van der Waals surface area contributed by atoms with Crippen molar-refractivity contribution in [3.63, 3.8) is 0 Å². The predicted molar refractivity (Wildman–Crippen MR) is 142 cm³/mol. The van der Waals surface area contributed by atoms with Crippen LogP contribution in [0.15, 0.2) is 60.7 Å². The lowest BCUT2D eigenvalue weighted by atomic mass is 9.91. The van der Waals surface area contributed by atoms with Crippen LogP contribution >= 0.6 is 0 Å². The molecule has 3 aromatic carbocycles. The highest BCUT2D eigenvalue weighted by molar-refractivity contribution is 6.25. The summed E-state index contributed by atoms with van der Waals surface area (Å²) in [6, 6.07) is 18.8. The van der Waals surface area contributed by atoms with E-state index >= 15 is 0 Å². The van der Waals surface area contributed by atoms with Gasteiger partial charge >= 0.3 is 0 Å². The molecule has 8 nitrogen and oxygen atoms in total. The number of fused-ring (bicyclic) bond motifs is 1. The van der Waals surface area contributed by atoms with Crippen molar-refractivity contribution in [2.24, 2.45) is 5.92 Å². The summed E-state index contributed by atoms with van der Waals surface area (Å²) < 4.78 is 17.3. The van der Waals surface area contributed by atoms with E-state index in [1.165, 1.54) is 4.90 Å². The third-order valence-corrected chi connectivity index (χ3v) is 7.65. The monoisotopic (exact) mass is 516 g/mol. The van der Waals surface area contributed by atoms with Crippen molar-refractivity contribution in [2.45, 2.75) is 25.0 Å². The first-order valence-electron chi connectivity index (χ1n) is 13.3. The molecule has 198 valence electrons. The molecule has 0 spiro atoms. The number of benzene rings is 3. The van der Waals surface area contributed by atoms with Crippen molar-refractivity contribution in [1.29, 1.82) is 0 Å². The second kappa shape index (κ2) is 10.7. The van der Waals surface area contributed by atoms with Crippen molar-refractivity contribution >= 4 is 22.6 Å². The number of aliphatic hydroxyl groups is 1. The number of amides is 2. The van der Waals surface area contributed by atoms with Crippen LogP contribution < -0.4 is 9.47 Å². The number of carbonyl (C=O) groups excluding carboxylic acids is 2. The second-order valence-electron chi connectivity index (χ2n) is 10.4. The summed E-state index contributed by atoms with van der Waals surface area (Å²) in [7, 11) is 0. The van der Waals surface area contributed by atoms with Gasteiger partial charge in [-0.05, 0) is 61.5 Å². The number of hydrogen-bond acceptors (Lipinski definition) is 7. The van der Waals surface area contributed by atoms with E-state index < -0.39 is 6.10 Å². The minimum Gasteiger partial charge on any atom is -0.486 e. The number of likely N-dealkylation sites (tertiary alicyclic amines) is 1. The topological polar surface area (TPSA) is 88.5 Å². The molecular formula is C30H32N2O6. The Balaban J connectivity index is 0.952. The van der Waals surface area contributed by atoms with E-state index in [4.69, 9.17) is 14.2 Å². The van der Waals surface area contributed by atoms with Gasteiger partial charge < -0.3 is 24.2 Å². The van der Waals surface area contributed by atoms with Gasteiger partial charge in [0.2, 0.25) is 0 Å². The lowest BCUT2D eigenvalue weighted by Gasteiger charge is -2.36. The summed E-state index contributed by atoms with van der Waals surface area (Å²) in [6.07, 6.45) is 0.921. The van der Waals surface area contributed by atoms with Gasteiger partial charge in [-0.25, -0.2) is 0 Å². The van der Waals surface area contributed by atoms with E-state index in [9.17, 15) is 14.7 Å². The third-order valence-electron chi connectivity index (χ3n) is 7.65. The van der Waals surface area contributed by atoms with Crippen molar-refractivity contribution in [1.82, 2.24) is 9.80 Å². The minimum absolute atomic E-state index is 0.202. The molecule has 3 heterocycles. The van der Waals surface area contributed by atoms with E-state index in [2.05, 4.69) is 4.90 Å². The number of hydrogen-bond donors (Lipinski definition) is 1. The lowest BCUT2D eigenvalue weighted by molar-refractivity contribution is -0.0312. The van der Waals surface area contributed by atoms with E-state index in [1.807, 2.05) is 60.7 Å². The number of β-amino-alcohol motifs (C(OH)–C–C–N with tert-alkyl or cyclic N) is 1. The maximum atomic E-state index is 13.2. The minimum atomic E-state index is -0.606. The first-order valence-corrected chi connectivity index (χ1v) is 13.3. The number of piperidine rings is 1. The van der Waals surface area contributed by atoms with Gasteiger partial charge in [-0.2, -0.15) is 0 Å². The average molecular weight is 517 g/mol. The average Bonchev–Trinajstić information content (AvgIpc) is 2.95. The Morgan fingerprint density at radius 2 is 1.61 bits per heavy atom. The number of carbonyl (C=O) groups is 2. The summed E-state index contributed by atoms with van der Waals surface area (Å²) >= 11 is 0. The highest BCUT2D eigenvalue weighted by Gasteiger charge is 2.35. The lowest BCUT2D eigenvalue weighted by Crippen LogP contribution is -2.46. The van der Waals surface area contributed by atoms with E-state index in [1.54, 1.807) is 0 Å². The largest absolute Gasteiger partial charge is 0.486 e. The van der Waals surface area contributed by atoms with Crippen LogP contribution in [-0.4, -0.2) is 84.9 Å². The van der Waals surface area contributed by atoms with Crippen LogP contribution in [0.4, 0.5) is 0 Å². The third kappa shape index (κ3) is 4.99. The molecule has 0 radical (unpaired) electrons. The molecule has 3 aliphatic heterocycles. The summed E-state index contributed by atoms with van der Waals surface area (Å²) in [5.41, 5.74) is 1.21. The molecule has 0 aliphatic carbocycles. The number of imide groups is 1. The van der Waals surface area contributed by atoms with Crippen LogP contribution in [-0.2, 0) is 4.74 Å². The highest BCUT2D eigenvalue weighted by Crippen LogP contribution is 2.32. The molecule has 8 heteroatoms. The summed E-state index contributed by atoms with van der Waals surface area (Å²) in [4.78, 5) is 30.1. The van der Waals surface area contributed by atoms with Crippen LogP contribution in [0.3, 0.4) is 0 Å². The number of nitrogens with zero attached hydrogens (tertiary/aromatic N) is 2. The van der Waals surface area contributed by atoms with Crippen molar-refractivity contribution in [3.05, 3.63) is 71.8 Å². The van der Waals surface area contributed by atoms with E-state index in [0.717, 1.165) is 42.5 Å². The van der Waals surface area contributed by atoms with Crippen LogP contribution in [0, 0.1) is 5.92 Å². The molecule has 0 aromatic heterocycles. The highest BCUT2D eigenvalue weighted by atomic mass is 16.6. The number of ether oxygens (including phenoxy) is 3. The Labute approximate surface area is 221 Å². The fraction of sp³-hybridized carbons (Fsp3) is 0.400. The van der Waals surface area contributed by atoms with Gasteiger partial charge in [0.05, 0.1) is 19.3 Å². The smallest absolute Gasteiger partial charge is 0.261 e. The van der Waals surface area contributed by atoms with Crippen LogP contribution in [0.25, 0.3) is 10.8 Å². The van der Waals surface area contributed by atoms with Gasteiger partial charge in [-0.15, -0.1) is 0 Å². The quantitative estimate of drug-likeness (QED) is 0.460. The van der Waals surface area contributed by atoms with Crippen LogP contribution in [0.2, 0.25) is 0 Å². The first kappa shape index (κ1) is 24.9. The zero-order chi connectivity index (χ0) is 26.1. The summed E-state index contributed by atoms with van der Waals surface area (Å²) in [5, 5.41) is 12.2. The molecule has 1 N–H and O–H groups in total. The second-order valence-corrected chi connectivity index (χ2v) is 10.4. The zero-order valence-corrected chi connectivity index (χ0v) is 21.3. The Bertz CT molecular complexity index is 1280. The van der Waals surface area contributed by atoms with Crippen molar-refractivity contribution in [3.8, 4) is 11.5 Å². The molecule has 1 saturated heterocycles. The molecule has 1 fully saturated rings. The van der Waals surface area contributed by atoms with E-state index in [0.29, 0.717) is 43.2 Å². The maximum absolute atomic E-state index is 13.2. The zero-order valence-electron chi connectivity index (χ0n) is 21.3. The molecule has 2 unspecified atom stereocenters. The summed E-state index contributed by atoms with van der Waals surface area (Å²) in [6.45, 7) is 3.55. The van der Waals surface area contributed by atoms with E-state index in [-0.39, 0.29) is 30.4 Å². The Kier molecular flexibility index (Phi) is 7.02. The fourth-order valence-corrected chi connectivity index (χ4v) is 5.69. The predicted octanol–water partition coefficient (Wildman–Crippen LogP) is 3.37. The first-order chi connectivity index (χ1) is 18.6. The normalized spacial score (nSPS) is 20.7. The number of rotatable bonds is 8. The molecule has 3 aromatic rings. The Morgan fingerprint density at radius 3 is 2.32 bits per heavy atom. The fourth-order valence-electron chi connectivity index (χ4n) is 5.69. The maximum Gasteiger partial charge on any atom is 0.261 e. The summed E-state index contributed by atoms with van der Waals surface area (Å²) in [5.74, 6) is 1.28. The van der Waals surface area contributed by atoms with Crippen LogP contribution in [0.5, 0.6) is 11.5 Å². The van der Waals surface area contributed by atoms with Gasteiger partial charge in [0.25, 0.3) is 11.8 Å². The standard InChI is InChI=1S/C30H32N2O6/c33-22(17-36-18-23-19-37-26-9-1-2-10-27(26)38-23)16-31-13-11-20(12-14-31)15-32-29(34)24-7-3-5-21-6-4-8-25(28(21)24)30(32)35/h1-10,20,22-23,33H,11-19H2. The van der Waals surface area contributed by atoms with Crippen molar-refractivity contribution < 1.29 is 28.9 Å². The van der Waals surface area contributed by atoms with Gasteiger partial charge in [-0.3, -0.25) is 14.5 Å². The van der Waals surface area contributed by atoms with Gasteiger partial charge in [-0.1, -0.05) is 36.4 Å². The van der Waals surface area contributed by atoms with Crippen LogP contribution in [0.1, 0.15) is 33.6 Å². The SMILES string of the molecule is O=C1c2cccc3cccc(c23)C(=O)N1CC1CCN(CC(O)COCC2COc3ccccc3O2)CC1. The Hall–Kier alpha value is -3.46. The molecule has 2 amide bonds. The van der Waals surface area contributed by atoms with Gasteiger partial charge in [0, 0.05) is 29.6 Å². The van der Waals surface area contributed by atoms with Gasteiger partial charge in [0.15, 0.2) is 17.6 Å². The molecule has 2 atom stereocenters. The molecule has 38 heavy (non-hydrogen) atoms. The molecule has 0 bridgehead atoms. The molecule has 3 aliphatic rings. The molecule has 0 saturated carbocycles. The Morgan fingerprint density at radius 1 is 0.921 bits per heavy atom. The number of aliphatic hydroxyl groups excluding tert-OH is 1. The molecule has 6 rings (SSSR count). The number of para-hydroxylation sites is 2. The van der Waals surface area contributed by atoms with Gasteiger partial charge in [0.1, 0.15) is 6.61 Å².